The summed E-state index contributed by atoms with van der Waals surface area (Å²) in [4.78, 5) is 4.70. The quantitative estimate of drug-likeness (QED) is 0.751. The van der Waals surface area contributed by atoms with Gasteiger partial charge in [0.25, 0.3) is 0 Å². The van der Waals surface area contributed by atoms with Crippen LogP contribution in [0.4, 0.5) is 0 Å². The third-order valence-corrected chi connectivity index (χ3v) is 3.20. The second kappa shape index (κ2) is 6.58. The monoisotopic (exact) mass is 229 g/mol. The molecule has 0 spiro atoms. The Morgan fingerprint density at radius 3 is 1.94 bits per heavy atom. The number of nitrogens with zero attached hydrogens (tertiary/aromatic N) is 2. The maximum Gasteiger partial charge on any atom is 0.0217 e. The Hall–Kier alpha value is -0.120. The van der Waals surface area contributed by atoms with Crippen molar-refractivity contribution in [2.75, 3.05) is 33.7 Å². The van der Waals surface area contributed by atoms with Crippen molar-refractivity contribution in [1.29, 1.82) is 0 Å². The lowest BCUT2D eigenvalue weighted by Crippen LogP contribution is -2.50. The van der Waals surface area contributed by atoms with Gasteiger partial charge in [-0.3, -0.25) is 4.90 Å². The van der Waals surface area contributed by atoms with E-state index in [-0.39, 0.29) is 11.5 Å². The molecule has 2 N–H and O–H groups in total. The van der Waals surface area contributed by atoms with Gasteiger partial charge in [0.15, 0.2) is 0 Å². The summed E-state index contributed by atoms with van der Waals surface area (Å²) in [7, 11) is 4.24. The van der Waals surface area contributed by atoms with E-state index in [1.54, 1.807) is 0 Å². The molecule has 0 aromatic carbocycles. The molecular weight excluding hydrogens is 198 g/mol. The highest BCUT2D eigenvalue weighted by Crippen LogP contribution is 2.18. The molecule has 0 saturated heterocycles. The largest absolute Gasteiger partial charge is 0.326 e. The Morgan fingerprint density at radius 2 is 1.62 bits per heavy atom. The van der Waals surface area contributed by atoms with Gasteiger partial charge in [-0.25, -0.2) is 0 Å². The number of likely N-dealkylation sites (N-methyl/N-ethyl adjacent to an activating group) is 2. The summed E-state index contributed by atoms with van der Waals surface area (Å²) in [6, 6.07) is 0.797. The van der Waals surface area contributed by atoms with Crippen LogP contribution in [0.5, 0.6) is 0 Å². The fraction of sp³-hybridized carbons (Fsp3) is 1.00. The molecule has 98 valence electrons. The average Bonchev–Trinajstić information content (AvgIpc) is 2.10. The highest BCUT2D eigenvalue weighted by molar-refractivity contribution is 4.82. The summed E-state index contributed by atoms with van der Waals surface area (Å²) in [6.07, 6.45) is 0. The summed E-state index contributed by atoms with van der Waals surface area (Å²) in [5, 5.41) is 0. The fourth-order valence-corrected chi connectivity index (χ4v) is 1.79. The number of hydrogen-bond acceptors (Lipinski definition) is 3. The Labute approximate surface area is 102 Å². The first-order valence-corrected chi connectivity index (χ1v) is 6.32. The van der Waals surface area contributed by atoms with Gasteiger partial charge in [0.2, 0.25) is 0 Å². The number of nitrogens with two attached hydrogens (primary N) is 1. The van der Waals surface area contributed by atoms with Crippen LogP contribution in [-0.4, -0.2) is 55.6 Å². The molecule has 0 amide bonds. The smallest absolute Gasteiger partial charge is 0.0217 e. The molecular formula is C13H31N3. The van der Waals surface area contributed by atoms with Crippen molar-refractivity contribution in [3.63, 3.8) is 0 Å². The first kappa shape index (κ1) is 15.9. The maximum atomic E-state index is 6.24. The molecule has 0 bridgehead atoms. The van der Waals surface area contributed by atoms with Crippen molar-refractivity contribution in [2.24, 2.45) is 11.1 Å². The molecule has 0 rings (SSSR count). The van der Waals surface area contributed by atoms with Crippen molar-refractivity contribution in [3.8, 4) is 0 Å². The summed E-state index contributed by atoms with van der Waals surface area (Å²) in [6.45, 7) is 14.3. The van der Waals surface area contributed by atoms with E-state index < -0.39 is 0 Å². The van der Waals surface area contributed by atoms with Crippen LogP contribution < -0.4 is 5.73 Å². The van der Waals surface area contributed by atoms with Crippen molar-refractivity contribution >= 4 is 0 Å². The lowest BCUT2D eigenvalue weighted by atomic mass is 9.87. The highest BCUT2D eigenvalue weighted by atomic mass is 15.2. The van der Waals surface area contributed by atoms with E-state index in [4.69, 9.17) is 5.73 Å². The summed E-state index contributed by atoms with van der Waals surface area (Å²) in [5.41, 5.74) is 6.43. The molecule has 0 aliphatic carbocycles. The van der Waals surface area contributed by atoms with Gasteiger partial charge in [-0.2, -0.15) is 0 Å². The molecule has 0 aromatic heterocycles. The second-order valence-electron chi connectivity index (χ2n) is 6.17. The number of rotatable bonds is 6. The Bertz CT molecular complexity index is 184. The van der Waals surface area contributed by atoms with Crippen LogP contribution in [0.15, 0.2) is 0 Å². The third-order valence-electron chi connectivity index (χ3n) is 3.20. The molecule has 0 fully saturated rings. The third kappa shape index (κ3) is 5.83. The minimum absolute atomic E-state index is 0.186. The molecule has 0 heterocycles. The molecule has 0 aliphatic rings. The zero-order chi connectivity index (χ0) is 12.9. The molecule has 3 nitrogen and oxygen atoms in total. The van der Waals surface area contributed by atoms with Crippen LogP contribution in [0.2, 0.25) is 0 Å². The normalized spacial score (nSPS) is 16.9. The van der Waals surface area contributed by atoms with E-state index in [2.05, 4.69) is 58.5 Å². The van der Waals surface area contributed by atoms with E-state index >= 15 is 0 Å². The van der Waals surface area contributed by atoms with Gasteiger partial charge >= 0.3 is 0 Å². The van der Waals surface area contributed by atoms with Gasteiger partial charge in [0.1, 0.15) is 0 Å². The van der Waals surface area contributed by atoms with Gasteiger partial charge in [0.05, 0.1) is 0 Å². The first-order chi connectivity index (χ1) is 7.18. The van der Waals surface area contributed by atoms with Crippen LogP contribution in [0.1, 0.15) is 34.6 Å². The Balaban J connectivity index is 4.29. The molecule has 0 radical (unpaired) electrons. The van der Waals surface area contributed by atoms with E-state index in [1.165, 1.54) is 0 Å². The molecule has 0 saturated carbocycles. The average molecular weight is 229 g/mol. The predicted molar refractivity (Wildman–Crippen MR) is 72.7 cm³/mol. The molecule has 16 heavy (non-hydrogen) atoms. The summed E-state index contributed by atoms with van der Waals surface area (Å²) in [5.74, 6) is 0. The van der Waals surface area contributed by atoms with Gasteiger partial charge in [-0.05, 0) is 33.0 Å². The molecule has 0 aliphatic heterocycles. The minimum atomic E-state index is 0.186. The van der Waals surface area contributed by atoms with Gasteiger partial charge in [-0.1, -0.05) is 27.7 Å². The van der Waals surface area contributed by atoms with E-state index in [9.17, 15) is 0 Å². The standard InChI is InChI=1S/C13H31N3/c1-8-16(11(2)9-15(6)7)10-12(14)13(3,4)5/h11-12H,8-10,14H2,1-7H3. The van der Waals surface area contributed by atoms with Gasteiger partial charge < -0.3 is 10.6 Å². The molecule has 0 aromatic rings. The topological polar surface area (TPSA) is 32.5 Å². The van der Waals surface area contributed by atoms with E-state index in [0.29, 0.717) is 6.04 Å². The second-order valence-corrected chi connectivity index (χ2v) is 6.17. The van der Waals surface area contributed by atoms with Gasteiger partial charge in [0, 0.05) is 25.2 Å². The van der Waals surface area contributed by atoms with Crippen molar-refractivity contribution in [3.05, 3.63) is 0 Å². The molecule has 2 atom stereocenters. The summed E-state index contributed by atoms with van der Waals surface area (Å²) < 4.78 is 0. The maximum absolute atomic E-state index is 6.24. The summed E-state index contributed by atoms with van der Waals surface area (Å²) >= 11 is 0. The van der Waals surface area contributed by atoms with Gasteiger partial charge in [-0.15, -0.1) is 0 Å². The van der Waals surface area contributed by atoms with Crippen LogP contribution in [-0.2, 0) is 0 Å². The fourth-order valence-electron chi connectivity index (χ4n) is 1.79. The van der Waals surface area contributed by atoms with Crippen molar-refractivity contribution in [1.82, 2.24) is 9.80 Å². The Morgan fingerprint density at radius 1 is 1.12 bits per heavy atom. The van der Waals surface area contributed by atoms with E-state index in [0.717, 1.165) is 19.6 Å². The molecule has 2 unspecified atom stereocenters. The van der Waals surface area contributed by atoms with Crippen LogP contribution in [0, 0.1) is 5.41 Å². The lowest BCUT2D eigenvalue weighted by Gasteiger charge is -2.36. The first-order valence-electron chi connectivity index (χ1n) is 6.32. The molecule has 3 heteroatoms. The number of hydrogen-bond donors (Lipinski definition) is 1. The highest BCUT2D eigenvalue weighted by Gasteiger charge is 2.24. The minimum Gasteiger partial charge on any atom is -0.326 e. The Kier molecular flexibility index (Phi) is 6.53. The predicted octanol–water partition coefficient (Wildman–Crippen LogP) is 1.63. The lowest BCUT2D eigenvalue weighted by molar-refractivity contribution is 0.144. The van der Waals surface area contributed by atoms with Crippen molar-refractivity contribution < 1.29 is 0 Å². The van der Waals surface area contributed by atoms with Crippen LogP contribution in [0.3, 0.4) is 0 Å². The zero-order valence-corrected chi connectivity index (χ0v) is 12.2. The van der Waals surface area contributed by atoms with Crippen molar-refractivity contribution in [2.45, 2.75) is 46.7 Å². The van der Waals surface area contributed by atoms with Crippen LogP contribution >= 0.6 is 0 Å². The zero-order valence-electron chi connectivity index (χ0n) is 12.2. The SMILES string of the molecule is CCN(CC(N)C(C)(C)C)C(C)CN(C)C. The van der Waals surface area contributed by atoms with E-state index in [1.807, 2.05) is 0 Å². The van der Waals surface area contributed by atoms with Crippen LogP contribution in [0.25, 0.3) is 0 Å².